The van der Waals surface area contributed by atoms with Crippen molar-refractivity contribution in [2.45, 2.75) is 53.4 Å². The van der Waals surface area contributed by atoms with E-state index in [1.165, 1.54) is 25.7 Å². The van der Waals surface area contributed by atoms with Crippen molar-refractivity contribution in [1.82, 2.24) is 0 Å². The van der Waals surface area contributed by atoms with E-state index in [1.807, 2.05) is 0 Å². The molecule has 0 amide bonds. The molecule has 0 heterocycles. The van der Waals surface area contributed by atoms with Crippen molar-refractivity contribution in [3.8, 4) is 0 Å². The molecule has 0 bridgehead atoms. The maximum Gasteiger partial charge on any atom is -0.0329 e. The smallest absolute Gasteiger partial charge is 0.0329 e. The first kappa shape index (κ1) is 11.0. The average molecular weight is 155 g/mol. The topological polar surface area (TPSA) is 0 Å². The van der Waals surface area contributed by atoms with E-state index in [4.69, 9.17) is 0 Å². The highest BCUT2D eigenvalue weighted by atomic mass is 14.3. The number of hydrogen-bond donors (Lipinski definition) is 0. The molecule has 0 aromatic carbocycles. The van der Waals surface area contributed by atoms with Gasteiger partial charge in [-0.15, -0.1) is 0 Å². The van der Waals surface area contributed by atoms with Gasteiger partial charge in [-0.25, -0.2) is 0 Å². The fourth-order valence-corrected chi connectivity index (χ4v) is 1.08. The van der Waals surface area contributed by atoms with Gasteiger partial charge in [-0.05, 0) is 24.7 Å². The zero-order valence-electron chi connectivity index (χ0n) is 8.61. The third kappa shape index (κ3) is 4.44. The van der Waals surface area contributed by atoms with Gasteiger partial charge in [0.05, 0.1) is 0 Å². The number of unbranched alkanes of at least 4 members (excludes halogenated alkanes) is 2. The highest BCUT2D eigenvalue weighted by molar-refractivity contribution is 4.76. The van der Waals surface area contributed by atoms with Gasteiger partial charge in [-0.1, -0.05) is 47.0 Å². The SMILES string of the molecule is [CH2]C(C)C(C)(C)CCCCC. The van der Waals surface area contributed by atoms with Crippen LogP contribution in [0.25, 0.3) is 0 Å². The molecular formula is C11H23. The Labute approximate surface area is 72.4 Å². The van der Waals surface area contributed by atoms with E-state index in [0.29, 0.717) is 11.3 Å². The highest BCUT2D eigenvalue weighted by Gasteiger charge is 2.20. The third-order valence-corrected chi connectivity index (χ3v) is 2.76. The van der Waals surface area contributed by atoms with E-state index in [9.17, 15) is 0 Å². The summed E-state index contributed by atoms with van der Waals surface area (Å²) in [6, 6.07) is 0. The lowest BCUT2D eigenvalue weighted by Gasteiger charge is -2.28. The van der Waals surface area contributed by atoms with Crippen LogP contribution in [0.5, 0.6) is 0 Å². The Morgan fingerprint density at radius 2 is 1.82 bits per heavy atom. The summed E-state index contributed by atoms with van der Waals surface area (Å²) in [5.74, 6) is 0.569. The van der Waals surface area contributed by atoms with Crippen LogP contribution in [-0.2, 0) is 0 Å². The third-order valence-electron chi connectivity index (χ3n) is 2.76. The van der Waals surface area contributed by atoms with E-state index < -0.39 is 0 Å². The fourth-order valence-electron chi connectivity index (χ4n) is 1.08. The van der Waals surface area contributed by atoms with Crippen molar-refractivity contribution >= 4 is 0 Å². The van der Waals surface area contributed by atoms with Crippen LogP contribution in [0.4, 0.5) is 0 Å². The van der Waals surface area contributed by atoms with Crippen LogP contribution in [0.3, 0.4) is 0 Å². The largest absolute Gasteiger partial charge is 0.0654 e. The number of hydrogen-bond acceptors (Lipinski definition) is 0. The van der Waals surface area contributed by atoms with Gasteiger partial charge in [0, 0.05) is 0 Å². The summed E-state index contributed by atoms with van der Waals surface area (Å²) in [6.45, 7) is 13.2. The molecule has 0 aromatic heterocycles. The van der Waals surface area contributed by atoms with Crippen LogP contribution < -0.4 is 0 Å². The first-order valence-electron chi connectivity index (χ1n) is 4.83. The predicted octanol–water partition coefficient (Wildman–Crippen LogP) is 4.06. The maximum atomic E-state index is 4.09. The van der Waals surface area contributed by atoms with E-state index in [-0.39, 0.29) is 0 Å². The predicted molar refractivity (Wildman–Crippen MR) is 52.4 cm³/mol. The molecule has 67 valence electrons. The van der Waals surface area contributed by atoms with Crippen LogP contribution in [0, 0.1) is 18.3 Å². The molecule has 0 rings (SSSR count). The Morgan fingerprint density at radius 1 is 1.27 bits per heavy atom. The molecule has 0 aromatic rings. The van der Waals surface area contributed by atoms with Crippen molar-refractivity contribution in [3.63, 3.8) is 0 Å². The molecule has 0 N–H and O–H groups in total. The van der Waals surface area contributed by atoms with E-state index in [2.05, 4.69) is 34.6 Å². The first-order chi connectivity index (χ1) is 5.00. The quantitative estimate of drug-likeness (QED) is 0.525. The molecule has 11 heavy (non-hydrogen) atoms. The lowest BCUT2D eigenvalue weighted by molar-refractivity contribution is 0.243. The minimum Gasteiger partial charge on any atom is -0.0654 e. The Bertz CT molecular complexity index is 90.2. The summed E-state index contributed by atoms with van der Waals surface area (Å²) in [4.78, 5) is 0. The molecule has 1 unspecified atom stereocenters. The molecule has 0 aliphatic carbocycles. The second kappa shape index (κ2) is 4.79. The molecule has 0 heteroatoms. The van der Waals surface area contributed by atoms with Crippen LogP contribution in [0.2, 0.25) is 0 Å². The van der Waals surface area contributed by atoms with Gasteiger partial charge in [0.2, 0.25) is 0 Å². The summed E-state index contributed by atoms with van der Waals surface area (Å²) >= 11 is 0. The van der Waals surface area contributed by atoms with Crippen molar-refractivity contribution < 1.29 is 0 Å². The zero-order chi connectivity index (χ0) is 8.91. The van der Waals surface area contributed by atoms with E-state index in [1.54, 1.807) is 0 Å². The standard InChI is InChI=1S/C11H23/c1-6-7-8-9-11(4,5)10(2)3/h10H,2,6-9H2,1,3-5H3. The normalized spacial score (nSPS) is 12.5. The molecule has 1 radical (unpaired) electrons. The molecule has 0 spiro atoms. The molecule has 0 aliphatic heterocycles. The van der Waals surface area contributed by atoms with Gasteiger partial charge < -0.3 is 0 Å². The first-order valence-corrected chi connectivity index (χ1v) is 4.83. The van der Waals surface area contributed by atoms with Crippen LogP contribution >= 0.6 is 0 Å². The summed E-state index contributed by atoms with van der Waals surface area (Å²) in [7, 11) is 0. The summed E-state index contributed by atoms with van der Waals surface area (Å²) in [5, 5.41) is 0. The lowest BCUT2D eigenvalue weighted by atomic mass is 9.77. The summed E-state index contributed by atoms with van der Waals surface area (Å²) in [6.07, 6.45) is 5.38. The van der Waals surface area contributed by atoms with Crippen LogP contribution in [0.15, 0.2) is 0 Å². The van der Waals surface area contributed by atoms with E-state index in [0.717, 1.165) is 0 Å². The Hall–Kier alpha value is 0. The van der Waals surface area contributed by atoms with Crippen molar-refractivity contribution in [2.75, 3.05) is 0 Å². The van der Waals surface area contributed by atoms with Crippen molar-refractivity contribution in [3.05, 3.63) is 6.92 Å². The highest BCUT2D eigenvalue weighted by Crippen LogP contribution is 2.31. The Kier molecular flexibility index (Phi) is 4.79. The Balaban J connectivity index is 3.55. The van der Waals surface area contributed by atoms with Gasteiger partial charge in [-0.3, -0.25) is 0 Å². The van der Waals surface area contributed by atoms with Crippen molar-refractivity contribution in [2.24, 2.45) is 11.3 Å². The minimum absolute atomic E-state index is 0.440. The lowest BCUT2D eigenvalue weighted by Crippen LogP contribution is -2.18. The van der Waals surface area contributed by atoms with Crippen molar-refractivity contribution in [1.29, 1.82) is 0 Å². The van der Waals surface area contributed by atoms with Gasteiger partial charge in [0.1, 0.15) is 0 Å². The monoisotopic (exact) mass is 155 g/mol. The van der Waals surface area contributed by atoms with Gasteiger partial charge in [-0.2, -0.15) is 0 Å². The van der Waals surface area contributed by atoms with Gasteiger partial charge in [0.25, 0.3) is 0 Å². The number of rotatable bonds is 5. The average Bonchev–Trinajstić information content (AvgIpc) is 1.88. The summed E-state index contributed by atoms with van der Waals surface area (Å²) < 4.78 is 0. The Morgan fingerprint density at radius 3 is 2.18 bits per heavy atom. The molecule has 0 fully saturated rings. The molecule has 0 aliphatic rings. The van der Waals surface area contributed by atoms with Gasteiger partial charge in [0.15, 0.2) is 0 Å². The molecule has 0 saturated carbocycles. The minimum atomic E-state index is 0.440. The second-order valence-corrected chi connectivity index (χ2v) is 4.35. The second-order valence-electron chi connectivity index (χ2n) is 4.35. The van der Waals surface area contributed by atoms with Crippen LogP contribution in [-0.4, -0.2) is 0 Å². The summed E-state index contributed by atoms with van der Waals surface area (Å²) in [5.41, 5.74) is 0.440. The molecular weight excluding hydrogens is 132 g/mol. The molecule has 1 atom stereocenters. The van der Waals surface area contributed by atoms with Crippen LogP contribution in [0.1, 0.15) is 53.4 Å². The fraction of sp³-hybridized carbons (Fsp3) is 0.909. The zero-order valence-corrected chi connectivity index (χ0v) is 8.61. The molecule has 0 saturated heterocycles. The van der Waals surface area contributed by atoms with Gasteiger partial charge >= 0.3 is 0 Å². The maximum absolute atomic E-state index is 4.09. The molecule has 0 nitrogen and oxygen atoms in total. The van der Waals surface area contributed by atoms with E-state index >= 15 is 0 Å².